The standard InChI is InChI=1S/C22H21NO3S/c1-13-6-10-16(11-7-13)27(25,26)23-21-17-4-2-3-5-18(17)22(24)20-15-9-8-14(12-15)19(20)21/h2-3,6-11,14-15,23-24H,4-5,12H2,1H3/t14-,15+/m1/s1. The van der Waals surface area contributed by atoms with E-state index in [0.717, 1.165) is 34.2 Å². The molecular formula is C22H21NO3S. The Morgan fingerprint density at radius 3 is 2.30 bits per heavy atom. The first-order chi connectivity index (χ1) is 13.0. The van der Waals surface area contributed by atoms with Gasteiger partial charge in [0.05, 0.1) is 10.6 Å². The highest BCUT2D eigenvalue weighted by Crippen LogP contribution is 2.57. The minimum Gasteiger partial charge on any atom is -0.507 e. The average Bonchev–Trinajstić information content (AvgIpc) is 3.27. The Morgan fingerprint density at radius 2 is 1.59 bits per heavy atom. The summed E-state index contributed by atoms with van der Waals surface area (Å²) in [5, 5.41) is 10.9. The lowest BCUT2D eigenvalue weighted by Crippen LogP contribution is -2.18. The van der Waals surface area contributed by atoms with Gasteiger partial charge in [0.2, 0.25) is 0 Å². The second kappa shape index (κ2) is 5.73. The number of phenols is 1. The molecule has 0 saturated carbocycles. The van der Waals surface area contributed by atoms with Gasteiger partial charge in [-0.3, -0.25) is 4.72 Å². The lowest BCUT2D eigenvalue weighted by Gasteiger charge is -2.26. The predicted octanol–water partition coefficient (Wildman–Crippen LogP) is 4.30. The van der Waals surface area contributed by atoms with Crippen molar-refractivity contribution in [3.05, 3.63) is 76.4 Å². The summed E-state index contributed by atoms with van der Waals surface area (Å²) in [4.78, 5) is 0.258. The maximum Gasteiger partial charge on any atom is 0.261 e. The summed E-state index contributed by atoms with van der Waals surface area (Å²) >= 11 is 0. The molecule has 0 radical (unpaired) electrons. The van der Waals surface area contributed by atoms with E-state index in [-0.39, 0.29) is 16.7 Å². The number of aryl methyl sites for hydroxylation is 1. The van der Waals surface area contributed by atoms with Crippen LogP contribution in [0.2, 0.25) is 0 Å². The van der Waals surface area contributed by atoms with E-state index in [1.807, 2.05) is 19.1 Å². The zero-order valence-electron chi connectivity index (χ0n) is 15.1. The Morgan fingerprint density at radius 1 is 0.963 bits per heavy atom. The van der Waals surface area contributed by atoms with Gasteiger partial charge in [-0.05, 0) is 49.4 Å². The minimum atomic E-state index is -3.69. The molecule has 3 aliphatic rings. The van der Waals surface area contributed by atoms with Crippen molar-refractivity contribution >= 4 is 15.7 Å². The summed E-state index contributed by atoms with van der Waals surface area (Å²) in [6, 6.07) is 6.88. The van der Waals surface area contributed by atoms with Crippen molar-refractivity contribution < 1.29 is 13.5 Å². The van der Waals surface area contributed by atoms with Crippen LogP contribution in [0.15, 0.2) is 53.5 Å². The third-order valence-corrected chi connectivity index (χ3v) is 7.34. The van der Waals surface area contributed by atoms with E-state index < -0.39 is 10.0 Å². The number of nitrogens with one attached hydrogen (secondary N) is 1. The van der Waals surface area contributed by atoms with E-state index in [1.54, 1.807) is 24.3 Å². The SMILES string of the molecule is Cc1ccc(S(=O)(=O)Nc2c3c(c(O)c4c2[C@@H]2C=C[C@H]4C2)CC=CC3)cc1. The first-order valence-electron chi connectivity index (χ1n) is 9.29. The van der Waals surface area contributed by atoms with Crippen molar-refractivity contribution in [1.29, 1.82) is 0 Å². The monoisotopic (exact) mass is 379 g/mol. The fraction of sp³-hybridized carbons (Fsp3) is 0.273. The highest BCUT2D eigenvalue weighted by molar-refractivity contribution is 7.92. The molecule has 2 aromatic carbocycles. The molecule has 5 rings (SSSR count). The topological polar surface area (TPSA) is 66.4 Å². The van der Waals surface area contributed by atoms with Crippen LogP contribution in [0.25, 0.3) is 0 Å². The number of rotatable bonds is 3. The summed E-state index contributed by atoms with van der Waals surface area (Å²) in [6.45, 7) is 1.93. The number of sulfonamides is 1. The lowest BCUT2D eigenvalue weighted by molar-refractivity contribution is 0.460. The van der Waals surface area contributed by atoms with Crippen LogP contribution in [0.3, 0.4) is 0 Å². The van der Waals surface area contributed by atoms with Gasteiger partial charge in [0.1, 0.15) is 5.75 Å². The highest BCUT2D eigenvalue weighted by atomic mass is 32.2. The molecular weight excluding hydrogens is 358 g/mol. The number of benzene rings is 2. The Kier molecular flexibility index (Phi) is 3.53. The number of hydrogen-bond donors (Lipinski definition) is 2. The molecule has 0 saturated heterocycles. The van der Waals surface area contributed by atoms with Crippen molar-refractivity contribution in [2.75, 3.05) is 4.72 Å². The zero-order chi connectivity index (χ0) is 18.8. The van der Waals surface area contributed by atoms with Crippen LogP contribution < -0.4 is 4.72 Å². The lowest BCUT2D eigenvalue weighted by atomic mass is 9.84. The third kappa shape index (κ3) is 2.45. The fourth-order valence-electron chi connectivity index (χ4n) is 4.64. The smallest absolute Gasteiger partial charge is 0.261 e. The van der Waals surface area contributed by atoms with Gasteiger partial charge in [-0.1, -0.05) is 42.0 Å². The molecule has 2 atom stereocenters. The number of phenolic OH excluding ortho intramolecular Hbond substituents is 1. The molecule has 3 aliphatic carbocycles. The van der Waals surface area contributed by atoms with Gasteiger partial charge in [0.15, 0.2) is 0 Å². The van der Waals surface area contributed by atoms with Crippen LogP contribution in [0.1, 0.15) is 46.1 Å². The van der Waals surface area contributed by atoms with E-state index in [1.165, 1.54) is 0 Å². The normalized spacial score (nSPS) is 22.0. The first-order valence-corrected chi connectivity index (χ1v) is 10.8. The van der Waals surface area contributed by atoms with Crippen molar-refractivity contribution in [2.45, 2.75) is 42.9 Å². The molecule has 5 heteroatoms. The molecule has 0 unspecified atom stereocenters. The maximum absolute atomic E-state index is 13.1. The largest absolute Gasteiger partial charge is 0.507 e. The van der Waals surface area contributed by atoms with Gasteiger partial charge in [-0.15, -0.1) is 0 Å². The molecule has 4 nitrogen and oxygen atoms in total. The minimum absolute atomic E-state index is 0.169. The van der Waals surface area contributed by atoms with Crippen LogP contribution in [0, 0.1) is 6.92 Å². The van der Waals surface area contributed by atoms with Gasteiger partial charge < -0.3 is 5.11 Å². The second-order valence-electron chi connectivity index (χ2n) is 7.64. The molecule has 0 spiro atoms. The van der Waals surface area contributed by atoms with Gasteiger partial charge in [0, 0.05) is 23.0 Å². The number of allylic oxidation sites excluding steroid dienone is 4. The number of fused-ring (bicyclic) bond motifs is 6. The third-order valence-electron chi connectivity index (χ3n) is 5.97. The van der Waals surface area contributed by atoms with Crippen LogP contribution >= 0.6 is 0 Å². The number of hydrogen-bond acceptors (Lipinski definition) is 3. The zero-order valence-corrected chi connectivity index (χ0v) is 15.9. The van der Waals surface area contributed by atoms with Gasteiger partial charge in [0.25, 0.3) is 10.0 Å². The van der Waals surface area contributed by atoms with E-state index in [4.69, 9.17) is 0 Å². The quantitative estimate of drug-likeness (QED) is 0.617. The molecule has 2 N–H and O–H groups in total. The predicted molar refractivity (Wildman–Crippen MR) is 106 cm³/mol. The van der Waals surface area contributed by atoms with Crippen molar-refractivity contribution in [1.82, 2.24) is 0 Å². The molecule has 2 bridgehead atoms. The van der Waals surface area contributed by atoms with Crippen LogP contribution in [-0.2, 0) is 22.9 Å². The average molecular weight is 379 g/mol. The second-order valence-corrected chi connectivity index (χ2v) is 9.32. The molecule has 0 aromatic heterocycles. The summed E-state index contributed by atoms with van der Waals surface area (Å²) in [5.74, 6) is 0.714. The van der Waals surface area contributed by atoms with Crippen molar-refractivity contribution in [2.24, 2.45) is 0 Å². The Bertz CT molecular complexity index is 1110. The molecule has 0 heterocycles. The molecule has 138 valence electrons. The van der Waals surface area contributed by atoms with Gasteiger partial charge >= 0.3 is 0 Å². The Balaban J connectivity index is 1.68. The summed E-state index contributed by atoms with van der Waals surface area (Å²) < 4.78 is 29.0. The van der Waals surface area contributed by atoms with E-state index >= 15 is 0 Å². The molecule has 27 heavy (non-hydrogen) atoms. The fourth-order valence-corrected chi connectivity index (χ4v) is 5.76. The van der Waals surface area contributed by atoms with E-state index in [0.29, 0.717) is 24.3 Å². The highest BCUT2D eigenvalue weighted by Gasteiger charge is 2.40. The Labute approximate surface area is 159 Å². The number of anilines is 1. The first kappa shape index (κ1) is 16.6. The van der Waals surface area contributed by atoms with E-state index in [2.05, 4.69) is 16.9 Å². The summed E-state index contributed by atoms with van der Waals surface area (Å²) in [7, 11) is -3.69. The number of aromatic hydroxyl groups is 1. The van der Waals surface area contributed by atoms with Crippen LogP contribution in [0.4, 0.5) is 5.69 Å². The Hall–Kier alpha value is -2.53. The van der Waals surface area contributed by atoms with Crippen molar-refractivity contribution in [3.63, 3.8) is 0 Å². The molecule has 0 fully saturated rings. The van der Waals surface area contributed by atoms with Crippen molar-refractivity contribution in [3.8, 4) is 5.75 Å². The van der Waals surface area contributed by atoms with Crippen LogP contribution in [-0.4, -0.2) is 13.5 Å². The molecule has 0 aliphatic heterocycles. The summed E-state index contributed by atoms with van der Waals surface area (Å²) in [5.41, 5.74) is 5.34. The van der Waals surface area contributed by atoms with Gasteiger partial charge in [-0.25, -0.2) is 8.42 Å². The maximum atomic E-state index is 13.1. The van der Waals surface area contributed by atoms with Gasteiger partial charge in [-0.2, -0.15) is 0 Å². The van der Waals surface area contributed by atoms with Crippen LogP contribution in [0.5, 0.6) is 5.75 Å². The molecule has 0 amide bonds. The van der Waals surface area contributed by atoms with E-state index in [9.17, 15) is 13.5 Å². The summed E-state index contributed by atoms with van der Waals surface area (Å²) in [6.07, 6.45) is 10.5. The molecule has 2 aromatic rings.